The Labute approximate surface area is 146 Å². The Morgan fingerprint density at radius 3 is 2.29 bits per heavy atom. The minimum absolute atomic E-state index is 0.0353. The van der Waals surface area contributed by atoms with E-state index in [1.807, 2.05) is 6.92 Å². The third kappa shape index (κ3) is 4.58. The number of halogens is 1. The molecule has 0 fully saturated rings. The number of aldehydes is 1. The van der Waals surface area contributed by atoms with E-state index >= 15 is 0 Å². The van der Waals surface area contributed by atoms with E-state index < -0.39 is 5.60 Å². The molecule has 0 bridgehead atoms. The van der Waals surface area contributed by atoms with Crippen molar-refractivity contribution >= 4 is 23.7 Å². The summed E-state index contributed by atoms with van der Waals surface area (Å²) >= 11 is 5.99. The van der Waals surface area contributed by atoms with Gasteiger partial charge in [0.2, 0.25) is 0 Å². The second-order valence-electron chi connectivity index (χ2n) is 6.38. The summed E-state index contributed by atoms with van der Waals surface area (Å²) in [6.07, 6.45) is 3.05. The Kier molecular flexibility index (Phi) is 6.58. The summed E-state index contributed by atoms with van der Waals surface area (Å²) in [6.45, 7) is 6.24. The maximum absolute atomic E-state index is 11.7. The van der Waals surface area contributed by atoms with Crippen molar-refractivity contribution in [2.45, 2.75) is 52.6 Å². The fraction of sp³-hybridized carbons (Fsp3) is 0.444. The van der Waals surface area contributed by atoms with Crippen LogP contribution in [-0.2, 0) is 11.2 Å². The number of benzene rings is 1. The zero-order chi connectivity index (χ0) is 18.7. The number of phenols is 2. The number of hydrogen-bond donors (Lipinski definition) is 3. The van der Waals surface area contributed by atoms with E-state index in [1.54, 1.807) is 13.0 Å². The average molecular weight is 355 g/mol. The van der Waals surface area contributed by atoms with Gasteiger partial charge in [-0.1, -0.05) is 23.3 Å². The molecule has 24 heavy (non-hydrogen) atoms. The molecule has 3 N–H and O–H groups in total. The molecule has 1 rings (SSSR count). The summed E-state index contributed by atoms with van der Waals surface area (Å²) in [5.74, 6) is -0.808. The van der Waals surface area contributed by atoms with Crippen molar-refractivity contribution in [3.05, 3.63) is 33.4 Å². The predicted octanol–water partition coefficient (Wildman–Crippen LogP) is 3.48. The van der Waals surface area contributed by atoms with Gasteiger partial charge in [0.05, 0.1) is 10.6 Å². The van der Waals surface area contributed by atoms with Gasteiger partial charge in [-0.2, -0.15) is 0 Å². The molecule has 0 aliphatic rings. The Morgan fingerprint density at radius 2 is 1.79 bits per heavy atom. The first-order chi connectivity index (χ1) is 11.0. The molecule has 5 nitrogen and oxygen atoms in total. The third-order valence-corrected chi connectivity index (χ3v) is 4.43. The second-order valence-corrected chi connectivity index (χ2v) is 6.76. The van der Waals surface area contributed by atoms with Crippen LogP contribution >= 0.6 is 11.6 Å². The Bertz CT molecular complexity index is 684. The van der Waals surface area contributed by atoms with Crippen LogP contribution in [0.5, 0.6) is 11.5 Å². The van der Waals surface area contributed by atoms with Gasteiger partial charge in [0.15, 0.2) is 12.1 Å². The largest absolute Gasteiger partial charge is 0.507 e. The van der Waals surface area contributed by atoms with Crippen LogP contribution in [0.4, 0.5) is 0 Å². The third-order valence-electron chi connectivity index (χ3n) is 3.97. The lowest BCUT2D eigenvalue weighted by molar-refractivity contribution is -0.134. The Hall–Kier alpha value is -1.85. The quantitative estimate of drug-likeness (QED) is 0.514. The number of carbonyl (C=O) groups excluding carboxylic acids is 2. The van der Waals surface area contributed by atoms with Crippen LogP contribution in [-0.4, -0.2) is 33.0 Å². The lowest BCUT2D eigenvalue weighted by Crippen LogP contribution is -2.30. The highest BCUT2D eigenvalue weighted by molar-refractivity contribution is 6.33. The molecule has 0 aliphatic heterocycles. The predicted molar refractivity (Wildman–Crippen MR) is 92.9 cm³/mol. The van der Waals surface area contributed by atoms with Crippen LogP contribution < -0.4 is 0 Å². The monoisotopic (exact) mass is 354 g/mol. The fourth-order valence-electron chi connectivity index (χ4n) is 2.21. The van der Waals surface area contributed by atoms with Gasteiger partial charge in [0, 0.05) is 12.0 Å². The smallest absolute Gasteiger partial charge is 0.164 e. The molecule has 0 radical (unpaired) electrons. The van der Waals surface area contributed by atoms with Gasteiger partial charge in [0.25, 0.3) is 0 Å². The molecule has 0 heterocycles. The van der Waals surface area contributed by atoms with E-state index in [0.29, 0.717) is 18.3 Å². The molecule has 0 spiro atoms. The summed E-state index contributed by atoms with van der Waals surface area (Å²) in [6, 6.07) is 0. The van der Waals surface area contributed by atoms with E-state index in [2.05, 4.69) is 0 Å². The van der Waals surface area contributed by atoms with Gasteiger partial charge in [-0.3, -0.25) is 9.59 Å². The summed E-state index contributed by atoms with van der Waals surface area (Å²) in [7, 11) is 0. The van der Waals surface area contributed by atoms with Crippen LogP contribution in [0.3, 0.4) is 0 Å². The highest BCUT2D eigenvalue weighted by atomic mass is 35.5. The highest BCUT2D eigenvalue weighted by Crippen LogP contribution is 2.40. The SMILES string of the molecule is C/C(=C\Cc1c(O)c(Cl)c(C)c(C=O)c1O)CCC(=O)C(C)(C)O. The van der Waals surface area contributed by atoms with Crippen LogP contribution in [0, 0.1) is 6.92 Å². The molecular formula is C18H23ClO5. The van der Waals surface area contributed by atoms with Crippen molar-refractivity contribution in [2.24, 2.45) is 0 Å². The first-order valence-corrected chi connectivity index (χ1v) is 7.97. The highest BCUT2D eigenvalue weighted by Gasteiger charge is 2.23. The maximum Gasteiger partial charge on any atom is 0.164 e. The first kappa shape index (κ1) is 20.2. The minimum atomic E-state index is -1.36. The van der Waals surface area contributed by atoms with Crippen LogP contribution in [0.2, 0.25) is 5.02 Å². The molecule has 6 heteroatoms. The van der Waals surface area contributed by atoms with Crippen molar-refractivity contribution in [3.8, 4) is 11.5 Å². The molecular weight excluding hydrogens is 332 g/mol. The summed E-state index contributed by atoms with van der Waals surface area (Å²) in [4.78, 5) is 22.8. The zero-order valence-electron chi connectivity index (χ0n) is 14.3. The number of hydrogen-bond acceptors (Lipinski definition) is 5. The molecule has 0 amide bonds. The average Bonchev–Trinajstić information content (AvgIpc) is 2.50. The molecule has 0 atom stereocenters. The first-order valence-electron chi connectivity index (χ1n) is 7.60. The van der Waals surface area contributed by atoms with Gasteiger partial charge in [-0.05, 0) is 46.1 Å². The number of ketones is 1. The molecule has 1 aromatic carbocycles. The van der Waals surface area contributed by atoms with Gasteiger partial charge in [-0.15, -0.1) is 0 Å². The molecule has 0 saturated heterocycles. The van der Waals surface area contributed by atoms with Crippen molar-refractivity contribution < 1.29 is 24.9 Å². The Morgan fingerprint density at radius 1 is 1.21 bits per heavy atom. The summed E-state index contributed by atoms with van der Waals surface area (Å²) in [5.41, 5.74) is 0.0368. The summed E-state index contributed by atoms with van der Waals surface area (Å²) in [5, 5.41) is 29.9. The summed E-state index contributed by atoms with van der Waals surface area (Å²) < 4.78 is 0. The number of aliphatic hydroxyl groups is 1. The number of carbonyl (C=O) groups is 2. The van der Waals surface area contributed by atoms with Crippen molar-refractivity contribution in [1.82, 2.24) is 0 Å². The standard InChI is InChI=1S/C18H23ClO5/c1-10(6-8-14(21)18(3,4)24)5-7-12-16(22)13(9-20)11(2)15(19)17(12)23/h5,9,22-24H,6-8H2,1-4H3/b10-5+. The molecule has 0 unspecified atom stereocenters. The van der Waals surface area contributed by atoms with Gasteiger partial charge >= 0.3 is 0 Å². The molecule has 132 valence electrons. The van der Waals surface area contributed by atoms with E-state index in [-0.39, 0.29) is 46.3 Å². The topological polar surface area (TPSA) is 94.8 Å². The van der Waals surface area contributed by atoms with E-state index in [4.69, 9.17) is 11.6 Å². The van der Waals surface area contributed by atoms with Gasteiger partial charge in [0.1, 0.15) is 17.1 Å². The second kappa shape index (κ2) is 7.81. The lowest BCUT2D eigenvalue weighted by atomic mass is 9.96. The van der Waals surface area contributed by atoms with Gasteiger partial charge < -0.3 is 15.3 Å². The number of phenolic OH excluding ortho intramolecular Hbond substituents is 2. The molecule has 0 aromatic heterocycles. The number of aromatic hydroxyl groups is 2. The van der Waals surface area contributed by atoms with Crippen LogP contribution in [0.15, 0.2) is 11.6 Å². The molecule has 1 aromatic rings. The fourth-order valence-corrected chi connectivity index (χ4v) is 2.43. The van der Waals surface area contributed by atoms with E-state index in [1.165, 1.54) is 13.8 Å². The van der Waals surface area contributed by atoms with Crippen LogP contribution in [0.1, 0.15) is 55.1 Å². The number of rotatable bonds is 7. The molecule has 0 saturated carbocycles. The Balaban J connectivity index is 2.96. The minimum Gasteiger partial charge on any atom is -0.507 e. The van der Waals surface area contributed by atoms with E-state index in [9.17, 15) is 24.9 Å². The van der Waals surface area contributed by atoms with Gasteiger partial charge in [-0.25, -0.2) is 0 Å². The normalized spacial score (nSPS) is 12.3. The molecule has 0 aliphatic carbocycles. The van der Waals surface area contributed by atoms with Crippen LogP contribution in [0.25, 0.3) is 0 Å². The lowest BCUT2D eigenvalue weighted by Gasteiger charge is -2.15. The van der Waals surface area contributed by atoms with Crippen molar-refractivity contribution in [1.29, 1.82) is 0 Å². The number of allylic oxidation sites excluding steroid dienone is 2. The van der Waals surface area contributed by atoms with Crippen molar-refractivity contribution in [3.63, 3.8) is 0 Å². The maximum atomic E-state index is 11.7. The van der Waals surface area contributed by atoms with Crippen molar-refractivity contribution in [2.75, 3.05) is 0 Å². The zero-order valence-corrected chi connectivity index (χ0v) is 15.1. The van der Waals surface area contributed by atoms with E-state index in [0.717, 1.165) is 5.57 Å². The number of Topliss-reactive ketones (excluding diaryl/α,β-unsaturated/α-hetero) is 1.